The van der Waals surface area contributed by atoms with Crippen LogP contribution in [0.5, 0.6) is 0 Å². The topological polar surface area (TPSA) is 161 Å². The van der Waals surface area contributed by atoms with Gasteiger partial charge in [-0.05, 0) is 77.4 Å². The minimum absolute atomic E-state index is 0.0657. The number of hydrogen-bond donors (Lipinski definition) is 0. The Morgan fingerprint density at radius 1 is 0.354 bits per heavy atom. The highest BCUT2D eigenvalue weighted by atomic mass is 32.2. The predicted octanol–water partition coefficient (Wildman–Crippen LogP) is 11.5. The highest BCUT2D eigenvalue weighted by molar-refractivity contribution is 7.99. The van der Waals surface area contributed by atoms with Crippen LogP contribution in [0, 0.1) is 0 Å². The fourth-order valence-electron chi connectivity index (χ4n) is 9.47. The van der Waals surface area contributed by atoms with Gasteiger partial charge in [0.1, 0.15) is 42.6 Å². The van der Waals surface area contributed by atoms with E-state index in [0.29, 0.717) is 0 Å². The lowest BCUT2D eigenvalue weighted by Crippen LogP contribution is -2.66. The van der Waals surface area contributed by atoms with Crippen LogP contribution in [0.4, 0.5) is 0 Å². The summed E-state index contributed by atoms with van der Waals surface area (Å²) < 4.78 is 67.4. The van der Waals surface area contributed by atoms with Crippen LogP contribution in [0.15, 0.2) is 248 Å². The second-order valence-electron chi connectivity index (χ2n) is 19.3. The molecule has 8 aromatic rings. The Bertz CT molecular complexity index is 3240. The molecule has 2 aliphatic heterocycles. The number of esters is 4. The minimum atomic E-state index is -1.72. The smallest absolute Gasteiger partial charge is 0.338 e. The molecule has 0 saturated carbocycles. The van der Waals surface area contributed by atoms with Gasteiger partial charge >= 0.3 is 23.9 Å². The first kappa shape index (κ1) is 57.0. The van der Waals surface area contributed by atoms with Crippen molar-refractivity contribution >= 4 is 35.6 Å². The van der Waals surface area contributed by atoms with Gasteiger partial charge in [-0.1, -0.05) is 194 Å². The van der Waals surface area contributed by atoms with E-state index in [0.717, 1.165) is 21.6 Å². The molecule has 0 amide bonds. The molecule has 10 atom stereocenters. The zero-order valence-corrected chi connectivity index (χ0v) is 45.3. The molecule has 0 unspecified atom stereocenters. The molecule has 0 aliphatic carbocycles. The maximum Gasteiger partial charge on any atom is 0.338 e. The van der Waals surface area contributed by atoms with Crippen molar-refractivity contribution in [3.8, 4) is 0 Å². The number of thioether (sulfide) groups is 1. The quantitative estimate of drug-likeness (QED) is 0.0439. The summed E-state index contributed by atoms with van der Waals surface area (Å²) in [6, 6.07) is 71.6. The number of hydrogen-bond acceptors (Lipinski definition) is 15. The maximum atomic E-state index is 14.7. The lowest BCUT2D eigenvalue weighted by molar-refractivity contribution is -0.338. The van der Waals surface area contributed by atoms with E-state index >= 15 is 0 Å². The van der Waals surface area contributed by atoms with Crippen LogP contribution in [0.3, 0.4) is 0 Å². The molecule has 15 heteroatoms. The summed E-state index contributed by atoms with van der Waals surface area (Å²) in [5, 5.41) is 0. The zero-order valence-electron chi connectivity index (χ0n) is 44.5. The first-order valence-corrected chi connectivity index (χ1v) is 27.8. The van der Waals surface area contributed by atoms with Crippen molar-refractivity contribution in [2.45, 2.75) is 85.3 Å². The van der Waals surface area contributed by atoms with Crippen molar-refractivity contribution in [3.63, 3.8) is 0 Å². The molecule has 0 bridgehead atoms. The third-order valence-corrected chi connectivity index (χ3v) is 14.7. The minimum Gasteiger partial charge on any atom is -0.459 e. The monoisotopic (exact) mass is 1120 g/mol. The van der Waals surface area contributed by atoms with E-state index in [9.17, 15) is 19.2 Å². The van der Waals surface area contributed by atoms with Crippen LogP contribution >= 0.6 is 11.8 Å². The first-order chi connectivity index (χ1) is 40.3. The molecule has 2 fully saturated rings. The van der Waals surface area contributed by atoms with Crippen LogP contribution in [0.1, 0.15) is 58.1 Å². The van der Waals surface area contributed by atoms with E-state index in [1.807, 2.05) is 121 Å². The summed E-state index contributed by atoms with van der Waals surface area (Å²) in [4.78, 5) is 58.3. The average molecular weight is 1120 g/mol. The van der Waals surface area contributed by atoms with Gasteiger partial charge in [0, 0.05) is 4.90 Å². The Morgan fingerprint density at radius 3 is 1.21 bits per heavy atom. The van der Waals surface area contributed by atoms with Gasteiger partial charge in [0.15, 0.2) is 24.6 Å². The summed E-state index contributed by atoms with van der Waals surface area (Å²) in [6.07, 6.45) is -12.1. The van der Waals surface area contributed by atoms with E-state index in [-0.39, 0.29) is 48.7 Å². The fourth-order valence-corrected chi connectivity index (χ4v) is 10.6. The summed E-state index contributed by atoms with van der Waals surface area (Å²) in [7, 11) is 0. The molecule has 2 aliphatic rings. The van der Waals surface area contributed by atoms with Gasteiger partial charge < -0.3 is 47.4 Å². The molecule has 14 nitrogen and oxygen atoms in total. The Hall–Kier alpha value is -8.25. The van der Waals surface area contributed by atoms with Gasteiger partial charge in [-0.25, -0.2) is 19.2 Å². The van der Waals surface area contributed by atoms with Crippen LogP contribution in [0.25, 0.3) is 0 Å². The molecule has 2 heterocycles. The Balaban J connectivity index is 1.10. The summed E-state index contributed by atoms with van der Waals surface area (Å²) in [5.41, 5.74) is 2.38. The van der Waals surface area contributed by atoms with Gasteiger partial charge in [0.2, 0.25) is 0 Å². The standard InChI is InChI=1S/C67H60O14S/c68-62(49-31-15-4-16-32-49)75-45-55-57(78-63(69)50-33-17-5-18-34-50)59(79-64(70)51-35-19-6-20-36-51)60(80-65(71)52-37-21-7-22-38-52)66(76-55)81-61-58(74-43-48-29-13-3-14-30-48)56(73-42-47-27-11-2-12-28-47)54(44-72-41-46-25-9-1-10-26-46)77-67(61)82-53-39-23-8-24-40-53/h1-40,54-61,66-67H,41-45H2/t54-,55-,56+,57-,58+,59+,60+,61-,66+,67+/m1/s1. The van der Waals surface area contributed by atoms with Crippen molar-refractivity contribution in [2.24, 2.45) is 0 Å². The van der Waals surface area contributed by atoms with E-state index in [1.54, 1.807) is 121 Å². The first-order valence-electron chi connectivity index (χ1n) is 26.9. The summed E-state index contributed by atoms with van der Waals surface area (Å²) in [6.45, 7) is -0.00772. The molecule has 82 heavy (non-hydrogen) atoms. The second-order valence-corrected chi connectivity index (χ2v) is 20.5. The van der Waals surface area contributed by atoms with E-state index < -0.39 is 91.0 Å². The number of benzene rings is 8. The molecule has 10 rings (SSSR count). The number of carbonyl (C=O) groups excluding carboxylic acids is 4. The Labute approximate surface area is 480 Å². The lowest BCUT2D eigenvalue weighted by atomic mass is 9.96. The molecule has 0 radical (unpaired) electrons. The van der Waals surface area contributed by atoms with Crippen molar-refractivity contribution in [3.05, 3.63) is 282 Å². The van der Waals surface area contributed by atoms with Crippen molar-refractivity contribution in [2.75, 3.05) is 13.2 Å². The third kappa shape index (κ3) is 15.4. The van der Waals surface area contributed by atoms with Gasteiger partial charge in [-0.3, -0.25) is 0 Å². The third-order valence-electron chi connectivity index (χ3n) is 13.6. The Morgan fingerprint density at radius 2 is 0.732 bits per heavy atom. The Kier molecular flexibility index (Phi) is 20.1. The number of ether oxygens (including phenoxy) is 10. The molecular formula is C67H60O14S. The predicted molar refractivity (Wildman–Crippen MR) is 304 cm³/mol. The van der Waals surface area contributed by atoms with Crippen molar-refractivity contribution < 1.29 is 66.5 Å². The summed E-state index contributed by atoms with van der Waals surface area (Å²) in [5.74, 6) is -3.27. The molecular weight excluding hydrogens is 1060 g/mol. The van der Waals surface area contributed by atoms with Crippen LogP contribution in [0.2, 0.25) is 0 Å². The molecule has 2 saturated heterocycles. The molecule has 0 spiro atoms. The lowest BCUT2D eigenvalue weighted by Gasteiger charge is -2.49. The highest BCUT2D eigenvalue weighted by Gasteiger charge is 2.57. The normalized spacial score (nSPS) is 22.2. The molecule has 0 aromatic heterocycles. The number of carbonyl (C=O) groups is 4. The van der Waals surface area contributed by atoms with Gasteiger partial charge in [0.05, 0.1) is 48.7 Å². The SMILES string of the molecule is O=C(OC[C@H]1O[C@@H](O[C@@H]2[C@@H](OCc3ccccc3)[C@@H](OCc3ccccc3)[C@@H](COCc3ccccc3)O[C@H]2Sc2ccccc2)[C@@H](OC(=O)c2ccccc2)[C@@H](OC(=O)c2ccccc2)[C@@H]1OC(=O)c1ccccc1)c1ccccc1. The van der Waals surface area contributed by atoms with Gasteiger partial charge in [-0.15, -0.1) is 0 Å². The van der Waals surface area contributed by atoms with E-state index in [4.69, 9.17) is 47.4 Å². The summed E-state index contributed by atoms with van der Waals surface area (Å²) >= 11 is 1.35. The van der Waals surface area contributed by atoms with Crippen LogP contribution in [-0.4, -0.2) is 97.6 Å². The number of rotatable bonds is 23. The van der Waals surface area contributed by atoms with E-state index in [2.05, 4.69) is 0 Å². The largest absolute Gasteiger partial charge is 0.459 e. The van der Waals surface area contributed by atoms with Gasteiger partial charge in [-0.2, -0.15) is 0 Å². The highest BCUT2D eigenvalue weighted by Crippen LogP contribution is 2.41. The molecule has 0 N–H and O–H groups in total. The van der Waals surface area contributed by atoms with E-state index in [1.165, 1.54) is 11.8 Å². The van der Waals surface area contributed by atoms with Crippen LogP contribution in [-0.2, 0) is 67.2 Å². The van der Waals surface area contributed by atoms with Gasteiger partial charge in [0.25, 0.3) is 0 Å². The van der Waals surface area contributed by atoms with Crippen molar-refractivity contribution in [1.29, 1.82) is 0 Å². The fraction of sp³-hybridized carbons (Fsp3) is 0.224. The van der Waals surface area contributed by atoms with Crippen molar-refractivity contribution in [1.82, 2.24) is 0 Å². The molecule has 418 valence electrons. The van der Waals surface area contributed by atoms with Crippen LogP contribution < -0.4 is 0 Å². The maximum absolute atomic E-state index is 14.7. The second kappa shape index (κ2) is 28.9. The zero-order chi connectivity index (χ0) is 56.3. The molecule has 8 aromatic carbocycles. The average Bonchev–Trinajstić information content (AvgIpc) is 3.56.